The molecule has 2 N–H and O–H groups in total. The van der Waals surface area contributed by atoms with E-state index >= 15 is 0 Å². The molecular weight excluding hydrogens is 335 g/mol. The number of urea groups is 1. The highest BCUT2D eigenvalue weighted by atomic mass is 19.4. The number of rotatable bonds is 3. The Morgan fingerprint density at radius 2 is 1.56 bits per heavy atom. The largest absolute Gasteiger partial charge is 0.416 e. The third-order valence-corrected chi connectivity index (χ3v) is 3.40. The van der Waals surface area contributed by atoms with Gasteiger partial charge in [-0.2, -0.15) is 13.2 Å². The molecule has 2 rings (SSSR count). The normalized spacial score (nSPS) is 10.9. The van der Waals surface area contributed by atoms with Gasteiger partial charge in [-0.15, -0.1) is 0 Å². The lowest BCUT2D eigenvalue weighted by atomic mass is 10.1. The Bertz CT molecular complexity index is 748. The standard InChI is InChI=1S/C17H16F3N3O2/c1-23(11-13-9-5-6-10-14(13)17(18,19)20)16(25)22-21-15(24)12-7-3-2-4-8-12/h2-10H,11H2,1H3,(H,21,24)(H,22,25). The highest BCUT2D eigenvalue weighted by Crippen LogP contribution is 2.32. The zero-order chi connectivity index (χ0) is 18.4. The molecule has 0 aliphatic rings. The lowest BCUT2D eigenvalue weighted by Gasteiger charge is -2.20. The molecule has 5 nitrogen and oxygen atoms in total. The fraction of sp³-hybridized carbons (Fsp3) is 0.176. The van der Waals surface area contributed by atoms with Crippen molar-refractivity contribution in [3.63, 3.8) is 0 Å². The van der Waals surface area contributed by atoms with Gasteiger partial charge in [-0.3, -0.25) is 10.2 Å². The number of hydrogen-bond acceptors (Lipinski definition) is 2. The van der Waals surface area contributed by atoms with Gasteiger partial charge < -0.3 is 4.90 Å². The number of halogens is 3. The maximum absolute atomic E-state index is 13.0. The van der Waals surface area contributed by atoms with Crippen molar-refractivity contribution in [2.24, 2.45) is 0 Å². The van der Waals surface area contributed by atoms with Crippen molar-refractivity contribution in [1.82, 2.24) is 15.8 Å². The second-order valence-corrected chi connectivity index (χ2v) is 5.26. The second kappa shape index (κ2) is 7.69. The zero-order valence-electron chi connectivity index (χ0n) is 13.3. The van der Waals surface area contributed by atoms with E-state index < -0.39 is 23.7 Å². The van der Waals surface area contributed by atoms with Crippen molar-refractivity contribution >= 4 is 11.9 Å². The van der Waals surface area contributed by atoms with E-state index in [1.165, 1.54) is 25.2 Å². The maximum atomic E-state index is 13.0. The molecule has 2 aromatic carbocycles. The van der Waals surface area contributed by atoms with Crippen molar-refractivity contribution < 1.29 is 22.8 Å². The van der Waals surface area contributed by atoms with Gasteiger partial charge >= 0.3 is 12.2 Å². The number of amides is 3. The Balaban J connectivity index is 1.96. The molecule has 0 aliphatic heterocycles. The van der Waals surface area contributed by atoms with Crippen LogP contribution in [0.3, 0.4) is 0 Å². The van der Waals surface area contributed by atoms with Gasteiger partial charge in [0.15, 0.2) is 0 Å². The molecular formula is C17H16F3N3O2. The molecule has 0 atom stereocenters. The molecule has 0 saturated heterocycles. The van der Waals surface area contributed by atoms with Gasteiger partial charge in [-0.25, -0.2) is 10.2 Å². The highest BCUT2D eigenvalue weighted by molar-refractivity contribution is 5.95. The van der Waals surface area contributed by atoms with Crippen molar-refractivity contribution in [2.45, 2.75) is 12.7 Å². The highest BCUT2D eigenvalue weighted by Gasteiger charge is 2.33. The van der Waals surface area contributed by atoms with E-state index in [-0.39, 0.29) is 12.1 Å². The Hall–Kier alpha value is -3.03. The minimum absolute atomic E-state index is 0.0398. The SMILES string of the molecule is CN(Cc1ccccc1C(F)(F)F)C(=O)NNC(=O)c1ccccc1. The van der Waals surface area contributed by atoms with Crippen LogP contribution >= 0.6 is 0 Å². The van der Waals surface area contributed by atoms with Crippen LogP contribution in [0.2, 0.25) is 0 Å². The maximum Gasteiger partial charge on any atom is 0.416 e. The van der Waals surface area contributed by atoms with Crippen LogP contribution in [0.25, 0.3) is 0 Å². The summed E-state index contributed by atoms with van der Waals surface area (Å²) in [7, 11) is 1.33. The number of hydrogen-bond donors (Lipinski definition) is 2. The molecule has 0 heterocycles. The van der Waals surface area contributed by atoms with Gasteiger partial charge in [0, 0.05) is 19.2 Å². The quantitative estimate of drug-likeness (QED) is 0.835. The van der Waals surface area contributed by atoms with Crippen LogP contribution < -0.4 is 10.9 Å². The third-order valence-electron chi connectivity index (χ3n) is 3.40. The minimum Gasteiger partial charge on any atom is -0.322 e. The third kappa shape index (κ3) is 4.97. The Kier molecular flexibility index (Phi) is 5.63. The summed E-state index contributed by atoms with van der Waals surface area (Å²) in [5.41, 5.74) is 3.87. The molecule has 8 heteroatoms. The summed E-state index contributed by atoms with van der Waals surface area (Å²) in [6.07, 6.45) is -4.50. The van der Waals surface area contributed by atoms with Crippen LogP contribution in [0.15, 0.2) is 54.6 Å². The molecule has 0 aliphatic carbocycles. The Morgan fingerprint density at radius 1 is 0.960 bits per heavy atom. The predicted octanol–water partition coefficient (Wildman–Crippen LogP) is 3.19. The first kappa shape index (κ1) is 18.3. The molecule has 0 radical (unpaired) electrons. The summed E-state index contributed by atoms with van der Waals surface area (Å²) in [5, 5.41) is 0. The van der Waals surface area contributed by atoms with Gasteiger partial charge in [-0.1, -0.05) is 36.4 Å². The lowest BCUT2D eigenvalue weighted by Crippen LogP contribution is -2.47. The number of carbonyl (C=O) groups is 2. The first-order chi connectivity index (χ1) is 11.8. The van der Waals surface area contributed by atoms with E-state index in [4.69, 9.17) is 0 Å². The van der Waals surface area contributed by atoms with Crippen LogP contribution in [0.4, 0.5) is 18.0 Å². The molecule has 2 aromatic rings. The van der Waals surface area contributed by atoms with Crippen molar-refractivity contribution in [1.29, 1.82) is 0 Å². The van der Waals surface area contributed by atoms with Gasteiger partial charge in [0.05, 0.1) is 5.56 Å². The molecule has 0 aromatic heterocycles. The Morgan fingerprint density at radius 3 is 2.20 bits per heavy atom. The summed E-state index contributed by atoms with van der Waals surface area (Å²) in [5.74, 6) is -0.530. The van der Waals surface area contributed by atoms with Crippen LogP contribution in [0.1, 0.15) is 21.5 Å². The molecule has 25 heavy (non-hydrogen) atoms. The molecule has 0 fully saturated rings. The van der Waals surface area contributed by atoms with Crippen molar-refractivity contribution in [2.75, 3.05) is 7.05 Å². The average Bonchev–Trinajstić information content (AvgIpc) is 2.59. The number of alkyl halides is 3. The average molecular weight is 351 g/mol. The summed E-state index contributed by atoms with van der Waals surface area (Å²) in [6, 6.07) is 12.5. The van der Waals surface area contributed by atoms with Crippen LogP contribution in [0.5, 0.6) is 0 Å². The minimum atomic E-state index is -4.50. The summed E-state index contributed by atoms with van der Waals surface area (Å²) < 4.78 is 38.9. The van der Waals surface area contributed by atoms with Gasteiger partial charge in [-0.05, 0) is 23.8 Å². The molecule has 0 saturated carbocycles. The summed E-state index contributed by atoms with van der Waals surface area (Å²) >= 11 is 0. The van der Waals surface area contributed by atoms with Crippen molar-refractivity contribution in [3.8, 4) is 0 Å². The van der Waals surface area contributed by atoms with Crippen molar-refractivity contribution in [3.05, 3.63) is 71.3 Å². The molecule has 3 amide bonds. The van der Waals surface area contributed by atoms with Gasteiger partial charge in [0.25, 0.3) is 5.91 Å². The summed E-state index contributed by atoms with van der Waals surface area (Å²) in [6.45, 7) is -0.261. The first-order valence-corrected chi connectivity index (χ1v) is 7.30. The van der Waals surface area contributed by atoms with Gasteiger partial charge in [0.2, 0.25) is 0 Å². The second-order valence-electron chi connectivity index (χ2n) is 5.26. The summed E-state index contributed by atoms with van der Waals surface area (Å²) in [4.78, 5) is 24.8. The predicted molar refractivity (Wildman–Crippen MR) is 85.4 cm³/mol. The lowest BCUT2D eigenvalue weighted by molar-refractivity contribution is -0.138. The van der Waals surface area contributed by atoms with E-state index in [2.05, 4.69) is 10.9 Å². The van der Waals surface area contributed by atoms with E-state index in [9.17, 15) is 22.8 Å². The number of nitrogens with zero attached hydrogens (tertiary/aromatic N) is 1. The smallest absolute Gasteiger partial charge is 0.322 e. The van der Waals surface area contributed by atoms with E-state index in [0.29, 0.717) is 5.56 Å². The molecule has 0 unspecified atom stereocenters. The molecule has 0 spiro atoms. The number of nitrogens with one attached hydrogen (secondary N) is 2. The van der Waals surface area contributed by atoms with Crippen LogP contribution in [0, 0.1) is 0 Å². The number of hydrazine groups is 1. The first-order valence-electron chi connectivity index (χ1n) is 7.30. The van der Waals surface area contributed by atoms with E-state index in [1.807, 2.05) is 0 Å². The fourth-order valence-corrected chi connectivity index (χ4v) is 2.13. The zero-order valence-corrected chi connectivity index (χ0v) is 13.3. The number of benzene rings is 2. The van der Waals surface area contributed by atoms with Crippen LogP contribution in [-0.4, -0.2) is 23.9 Å². The topological polar surface area (TPSA) is 61.4 Å². The van der Waals surface area contributed by atoms with E-state index in [0.717, 1.165) is 11.0 Å². The molecule has 132 valence electrons. The Labute approximate surface area is 142 Å². The fourth-order valence-electron chi connectivity index (χ4n) is 2.13. The molecule has 0 bridgehead atoms. The number of carbonyl (C=O) groups excluding carboxylic acids is 2. The van der Waals surface area contributed by atoms with Gasteiger partial charge in [0.1, 0.15) is 0 Å². The monoisotopic (exact) mass is 351 g/mol. The van der Waals surface area contributed by atoms with Crippen LogP contribution in [-0.2, 0) is 12.7 Å². The van der Waals surface area contributed by atoms with E-state index in [1.54, 1.807) is 30.3 Å².